The maximum atomic E-state index is 12.2. The SMILES string of the molecule is CCN(CC)c1ccc(-c2nc(-n3nc(C)cc3C)nc(-n3nc(C)cc3C)n2)cc1.O=C(C=C(O)c1ccc2ccccc2c1)C(F)(F)F.O=C(C=C(O)c1ccc2ccccc2c1)C(F)(F)F.OC(=CC(O)C(F)(F)F)c1ccc2ccccc2c1.[Eu+3]. The number of carbonyl (C=O) groups is 2. The number of carbonyl (C=O) groups excluding carboxylic acids is 2. The largest absolute Gasteiger partial charge is 3.00 e. The van der Waals surface area contributed by atoms with Gasteiger partial charge in [-0.3, -0.25) is 9.59 Å². The number of rotatable bonds is 12. The first-order valence-electron chi connectivity index (χ1n) is 26.9. The summed E-state index contributed by atoms with van der Waals surface area (Å²) < 4.78 is 112. The van der Waals surface area contributed by atoms with Gasteiger partial charge >= 0.3 is 67.9 Å². The molecule has 3 aromatic heterocycles. The van der Waals surface area contributed by atoms with E-state index in [1.54, 1.807) is 70.0 Å². The van der Waals surface area contributed by atoms with Gasteiger partial charge in [-0.25, -0.2) is 9.36 Å². The number of hydrogen-bond donors (Lipinski definition) is 4. The van der Waals surface area contributed by atoms with Gasteiger partial charge in [0.05, 0.1) is 11.4 Å². The van der Waals surface area contributed by atoms with E-state index in [4.69, 9.17) is 20.1 Å². The molecule has 10 aromatic rings. The van der Waals surface area contributed by atoms with Crippen LogP contribution in [0.5, 0.6) is 0 Å². The average molecular weight is 1370 g/mol. The van der Waals surface area contributed by atoms with Gasteiger partial charge in [-0.2, -0.15) is 64.7 Å². The molecule has 4 N–H and O–H groups in total. The Morgan fingerprint density at radius 2 is 0.843 bits per heavy atom. The molecular formula is C65H57EuF9N8O6+3. The van der Waals surface area contributed by atoms with Crippen molar-refractivity contribution in [2.24, 2.45) is 0 Å². The Labute approximate surface area is 545 Å². The molecule has 0 fully saturated rings. The van der Waals surface area contributed by atoms with Crippen molar-refractivity contribution >= 4 is 66.8 Å². The summed E-state index contributed by atoms with van der Waals surface area (Å²) in [6, 6.07) is 48.0. The zero-order valence-corrected chi connectivity index (χ0v) is 50.7. The number of alkyl halides is 9. The van der Waals surface area contributed by atoms with E-state index in [0.29, 0.717) is 23.8 Å². The molecule has 1 atom stereocenters. The monoisotopic (exact) mass is 1370 g/mol. The van der Waals surface area contributed by atoms with Crippen LogP contribution >= 0.6 is 0 Å². The van der Waals surface area contributed by atoms with Crippen molar-refractivity contribution in [2.45, 2.75) is 66.2 Å². The van der Waals surface area contributed by atoms with E-state index in [2.05, 4.69) is 53.2 Å². The van der Waals surface area contributed by atoms with Gasteiger partial charge in [0.2, 0.25) is 0 Å². The van der Waals surface area contributed by atoms with E-state index in [-0.39, 0.29) is 78.2 Å². The van der Waals surface area contributed by atoms with Crippen molar-refractivity contribution in [3.05, 3.63) is 221 Å². The minimum Gasteiger partial charge on any atom is -0.508 e. The minimum atomic E-state index is -4.98. The van der Waals surface area contributed by atoms with Gasteiger partial charge < -0.3 is 25.3 Å². The molecular weight excluding hydrogens is 1310 g/mol. The Bertz CT molecular complexity index is 4030. The fourth-order valence-corrected chi connectivity index (χ4v) is 8.71. The van der Waals surface area contributed by atoms with Gasteiger partial charge in [-0.15, -0.1) is 0 Å². The molecule has 0 aliphatic heterocycles. The van der Waals surface area contributed by atoms with Gasteiger partial charge in [-0.1, -0.05) is 109 Å². The summed E-state index contributed by atoms with van der Waals surface area (Å²) >= 11 is 0. The Hall–Kier alpha value is -8.58. The van der Waals surface area contributed by atoms with Crippen LogP contribution in [0.3, 0.4) is 0 Å². The molecule has 460 valence electrons. The van der Waals surface area contributed by atoms with Crippen LogP contribution in [0.15, 0.2) is 182 Å². The fourth-order valence-electron chi connectivity index (χ4n) is 8.71. The molecule has 1 unspecified atom stereocenters. The van der Waals surface area contributed by atoms with Gasteiger partial charge in [0.25, 0.3) is 23.5 Å². The zero-order chi connectivity index (χ0) is 64.3. The number of benzene rings is 7. The van der Waals surface area contributed by atoms with Gasteiger partial charge in [-0.05, 0) is 135 Å². The quantitative estimate of drug-likeness (QED) is 0.0515. The predicted octanol–water partition coefficient (Wildman–Crippen LogP) is 15.4. The third kappa shape index (κ3) is 18.7. The van der Waals surface area contributed by atoms with E-state index in [9.17, 15) is 64.4 Å². The van der Waals surface area contributed by atoms with Gasteiger partial charge in [0, 0.05) is 64.6 Å². The average Bonchev–Trinajstić information content (AvgIpc) is 2.29. The Morgan fingerprint density at radius 1 is 0.494 bits per heavy atom. The summed E-state index contributed by atoms with van der Waals surface area (Å²) in [7, 11) is 0. The number of anilines is 1. The van der Waals surface area contributed by atoms with Crippen molar-refractivity contribution in [3.63, 3.8) is 0 Å². The maximum absolute atomic E-state index is 12.2. The Kier molecular flexibility index (Phi) is 23.5. The predicted molar refractivity (Wildman–Crippen MR) is 320 cm³/mol. The summed E-state index contributed by atoms with van der Waals surface area (Å²) in [4.78, 5) is 38.0. The van der Waals surface area contributed by atoms with E-state index in [0.717, 1.165) is 73.7 Å². The molecule has 0 spiro atoms. The normalized spacial score (nSPS) is 12.4. The molecule has 0 saturated carbocycles. The van der Waals surface area contributed by atoms with Crippen LogP contribution in [-0.2, 0) is 9.59 Å². The Morgan fingerprint density at radius 3 is 1.16 bits per heavy atom. The van der Waals surface area contributed by atoms with E-state index < -0.39 is 53.5 Å². The van der Waals surface area contributed by atoms with Gasteiger partial charge in [0.1, 0.15) is 17.3 Å². The molecule has 3 heterocycles. The van der Waals surface area contributed by atoms with Crippen molar-refractivity contribution in [1.82, 2.24) is 34.5 Å². The molecule has 10 rings (SSSR count). The molecule has 0 aliphatic carbocycles. The number of hydrogen-bond acceptors (Lipinski definition) is 12. The van der Waals surface area contributed by atoms with Crippen LogP contribution in [-0.4, -0.2) is 104 Å². The minimum absolute atomic E-state index is 0. The maximum Gasteiger partial charge on any atom is 3.00 e. The third-order valence-electron chi connectivity index (χ3n) is 13.1. The number of ketones is 2. The fraction of sp³-hybridized carbons (Fsp3) is 0.185. The van der Waals surface area contributed by atoms with Crippen LogP contribution in [0.25, 0.3) is 72.9 Å². The summed E-state index contributed by atoms with van der Waals surface area (Å²) in [6.45, 7) is 14.1. The molecule has 24 heteroatoms. The smallest absolute Gasteiger partial charge is 0.508 e. The molecule has 7 aromatic carbocycles. The first-order chi connectivity index (χ1) is 41.5. The molecule has 89 heavy (non-hydrogen) atoms. The number of fused-ring (bicyclic) bond motifs is 3. The molecule has 14 nitrogen and oxygen atoms in total. The summed E-state index contributed by atoms with van der Waals surface area (Å²) in [5, 5.41) is 51.7. The van der Waals surface area contributed by atoms with Crippen LogP contribution in [0, 0.1) is 77.1 Å². The summed E-state index contributed by atoms with van der Waals surface area (Å²) in [5.41, 5.74) is 6.40. The van der Waals surface area contributed by atoms with Crippen molar-refractivity contribution in [1.29, 1.82) is 0 Å². The second-order valence-electron chi connectivity index (χ2n) is 19.7. The van der Waals surface area contributed by atoms with Crippen LogP contribution in [0.2, 0.25) is 0 Å². The summed E-state index contributed by atoms with van der Waals surface area (Å²) in [6.07, 6.45) is -16.7. The number of nitrogens with zero attached hydrogens (tertiary/aromatic N) is 8. The number of allylic oxidation sites excluding steroid dienone is 2. The molecule has 0 amide bonds. The van der Waals surface area contributed by atoms with Gasteiger partial charge in [0.15, 0.2) is 11.9 Å². The number of aryl methyl sites for hydroxylation is 4. The standard InChI is InChI=1S/C23H28N8.C14H11F3O2.2C14H9F3O2.Eu/c1-7-29(8-2)20-11-9-19(10-12-20)21-24-22(30-17(5)13-15(3)27-30)26-23(25-21)31-18(6)14-16(4)28-31;3*15-14(16,17)13(19)8-12(18)11-6-5-9-3-1-2-4-10(9)7-11;/h9-14H,7-8H2,1-6H3;1-8,13,18-19H;2*1-8,18H;/q;;;;+3. The number of halogens is 9. The number of aromatic nitrogens is 7. The molecule has 0 aliphatic rings. The second kappa shape index (κ2) is 30.1. The number of aliphatic hydroxyl groups is 4. The topological polar surface area (TPSA) is 193 Å². The number of aliphatic hydroxyl groups excluding tert-OH is 4. The third-order valence-corrected chi connectivity index (χ3v) is 13.1. The molecule has 0 bridgehead atoms. The molecule has 0 saturated heterocycles. The first kappa shape index (κ1) is 69.5. The van der Waals surface area contributed by atoms with Crippen LogP contribution < -0.4 is 4.90 Å². The van der Waals surface area contributed by atoms with Crippen molar-refractivity contribution < 1.29 is 119 Å². The van der Waals surface area contributed by atoms with Crippen LogP contribution in [0.1, 0.15) is 53.3 Å². The summed E-state index contributed by atoms with van der Waals surface area (Å²) in [5.74, 6) is -4.63. The first-order valence-corrected chi connectivity index (χ1v) is 26.9. The van der Waals surface area contributed by atoms with Crippen molar-refractivity contribution in [3.8, 4) is 23.3 Å². The second-order valence-corrected chi connectivity index (χ2v) is 19.7. The molecule has 0 radical (unpaired) electrons. The van der Waals surface area contributed by atoms with E-state index >= 15 is 0 Å². The van der Waals surface area contributed by atoms with E-state index in [1.807, 2.05) is 76.2 Å². The van der Waals surface area contributed by atoms with Crippen LogP contribution in [0.4, 0.5) is 45.2 Å². The zero-order valence-electron chi connectivity index (χ0n) is 48.3. The van der Waals surface area contributed by atoms with Crippen molar-refractivity contribution in [2.75, 3.05) is 18.0 Å². The van der Waals surface area contributed by atoms with E-state index in [1.165, 1.54) is 36.0 Å². The Balaban J connectivity index is 0.000000194.